The predicted molar refractivity (Wildman–Crippen MR) is 115 cm³/mol. The number of rotatable bonds is 8. The molecule has 0 spiro atoms. The first-order chi connectivity index (χ1) is 14.0. The Balaban J connectivity index is 1.77. The van der Waals surface area contributed by atoms with Crippen molar-refractivity contribution in [3.05, 3.63) is 72.2 Å². The van der Waals surface area contributed by atoms with E-state index in [0.29, 0.717) is 35.5 Å². The quantitative estimate of drug-likeness (QED) is 0.560. The Bertz CT molecular complexity index is 958. The summed E-state index contributed by atoms with van der Waals surface area (Å²) in [5, 5.41) is 6.16. The fourth-order valence-corrected chi connectivity index (χ4v) is 2.73. The van der Waals surface area contributed by atoms with Crippen molar-refractivity contribution in [3.8, 4) is 11.5 Å². The van der Waals surface area contributed by atoms with E-state index in [4.69, 9.17) is 4.74 Å². The first-order valence-electron chi connectivity index (χ1n) is 9.74. The number of para-hydroxylation sites is 3. The topological polar surface area (TPSA) is 76.1 Å². The van der Waals surface area contributed by atoms with Crippen molar-refractivity contribution in [2.75, 3.05) is 11.9 Å². The number of aromatic nitrogens is 2. The van der Waals surface area contributed by atoms with Crippen molar-refractivity contribution in [1.82, 2.24) is 15.3 Å². The van der Waals surface area contributed by atoms with Crippen LogP contribution in [0.3, 0.4) is 0 Å². The molecule has 3 rings (SSSR count). The zero-order valence-corrected chi connectivity index (χ0v) is 17.0. The van der Waals surface area contributed by atoms with Crippen LogP contribution in [0, 0.1) is 12.8 Å². The molecular formula is C23H26N4O2. The molecule has 0 aliphatic rings. The van der Waals surface area contributed by atoms with Crippen LogP contribution in [0.2, 0.25) is 0 Å². The lowest BCUT2D eigenvalue weighted by molar-refractivity contribution is 0.0946. The molecule has 150 valence electrons. The Morgan fingerprint density at radius 2 is 1.76 bits per heavy atom. The van der Waals surface area contributed by atoms with Gasteiger partial charge >= 0.3 is 0 Å². The highest BCUT2D eigenvalue weighted by Crippen LogP contribution is 2.31. The highest BCUT2D eigenvalue weighted by Gasteiger charge is 2.12. The van der Waals surface area contributed by atoms with Crippen LogP contribution in [-0.2, 0) is 0 Å². The van der Waals surface area contributed by atoms with Gasteiger partial charge in [-0.15, -0.1) is 0 Å². The average Bonchev–Trinajstić information content (AvgIpc) is 2.69. The zero-order valence-electron chi connectivity index (χ0n) is 17.0. The molecule has 0 radical (unpaired) electrons. The van der Waals surface area contributed by atoms with E-state index in [1.807, 2.05) is 54.6 Å². The van der Waals surface area contributed by atoms with Crippen molar-refractivity contribution in [3.63, 3.8) is 0 Å². The number of amides is 1. The van der Waals surface area contributed by atoms with E-state index in [1.54, 1.807) is 13.0 Å². The first-order valence-corrected chi connectivity index (χ1v) is 9.74. The van der Waals surface area contributed by atoms with E-state index in [-0.39, 0.29) is 5.91 Å². The third kappa shape index (κ3) is 6.04. The van der Waals surface area contributed by atoms with Gasteiger partial charge in [-0.2, -0.15) is 0 Å². The maximum Gasteiger partial charge on any atom is 0.270 e. The fourth-order valence-electron chi connectivity index (χ4n) is 2.73. The molecule has 29 heavy (non-hydrogen) atoms. The second kappa shape index (κ2) is 9.68. The molecule has 0 atom stereocenters. The summed E-state index contributed by atoms with van der Waals surface area (Å²) in [4.78, 5) is 21.1. The Morgan fingerprint density at radius 3 is 2.52 bits per heavy atom. The van der Waals surface area contributed by atoms with Crippen LogP contribution in [0.5, 0.6) is 11.5 Å². The summed E-state index contributed by atoms with van der Waals surface area (Å²) in [6.45, 7) is 6.63. The lowest BCUT2D eigenvalue weighted by Gasteiger charge is -2.13. The van der Waals surface area contributed by atoms with E-state index in [9.17, 15) is 4.79 Å². The van der Waals surface area contributed by atoms with Crippen molar-refractivity contribution in [2.24, 2.45) is 5.92 Å². The lowest BCUT2D eigenvalue weighted by Crippen LogP contribution is -2.26. The van der Waals surface area contributed by atoms with Gasteiger partial charge in [0.25, 0.3) is 5.91 Å². The summed E-state index contributed by atoms with van der Waals surface area (Å²) in [5.74, 6) is 2.79. The zero-order chi connectivity index (χ0) is 20.6. The van der Waals surface area contributed by atoms with Crippen LogP contribution in [0.4, 0.5) is 11.5 Å². The Kier molecular flexibility index (Phi) is 6.79. The monoisotopic (exact) mass is 390 g/mol. The number of ether oxygens (including phenoxy) is 1. The molecule has 1 amide bonds. The normalized spacial score (nSPS) is 10.6. The largest absolute Gasteiger partial charge is 0.455 e. The maximum atomic E-state index is 12.4. The summed E-state index contributed by atoms with van der Waals surface area (Å²) in [6, 6.07) is 18.8. The summed E-state index contributed by atoms with van der Waals surface area (Å²) in [5.41, 5.74) is 1.09. The van der Waals surface area contributed by atoms with Gasteiger partial charge in [0.05, 0.1) is 5.69 Å². The number of benzene rings is 2. The van der Waals surface area contributed by atoms with E-state index in [0.717, 1.165) is 17.9 Å². The molecule has 1 aromatic heterocycles. The van der Waals surface area contributed by atoms with Crippen molar-refractivity contribution in [2.45, 2.75) is 27.2 Å². The summed E-state index contributed by atoms with van der Waals surface area (Å²) < 4.78 is 5.98. The number of hydrogen-bond acceptors (Lipinski definition) is 5. The van der Waals surface area contributed by atoms with Gasteiger partial charge in [0, 0.05) is 12.6 Å². The summed E-state index contributed by atoms with van der Waals surface area (Å²) >= 11 is 0. The SMILES string of the molecule is Cc1nc(Nc2ccccc2Oc2ccccc2)cc(C(=O)NCCC(C)C)n1. The number of nitrogens with one attached hydrogen (secondary N) is 2. The van der Waals surface area contributed by atoms with Gasteiger partial charge in [-0.1, -0.05) is 44.2 Å². The number of carbonyl (C=O) groups is 1. The molecule has 2 N–H and O–H groups in total. The molecule has 0 saturated carbocycles. The Labute approximate surface area is 171 Å². The number of aryl methyl sites for hydroxylation is 1. The molecule has 6 heteroatoms. The van der Waals surface area contributed by atoms with Gasteiger partial charge < -0.3 is 15.4 Å². The van der Waals surface area contributed by atoms with Gasteiger partial charge in [0.2, 0.25) is 0 Å². The van der Waals surface area contributed by atoms with Gasteiger partial charge in [-0.3, -0.25) is 4.79 Å². The predicted octanol–water partition coefficient (Wildman–Crippen LogP) is 5.10. The van der Waals surface area contributed by atoms with E-state index < -0.39 is 0 Å². The third-order valence-electron chi connectivity index (χ3n) is 4.20. The van der Waals surface area contributed by atoms with Crippen molar-refractivity contribution >= 4 is 17.4 Å². The van der Waals surface area contributed by atoms with Crippen LogP contribution in [-0.4, -0.2) is 22.4 Å². The van der Waals surface area contributed by atoms with Gasteiger partial charge in [-0.05, 0) is 43.5 Å². The second-order valence-corrected chi connectivity index (χ2v) is 7.16. The summed E-state index contributed by atoms with van der Waals surface area (Å²) in [6.07, 6.45) is 0.922. The molecule has 0 unspecified atom stereocenters. The standard InChI is InChI=1S/C23H26N4O2/c1-16(2)13-14-24-23(28)20-15-22(26-17(3)25-20)27-19-11-7-8-12-21(19)29-18-9-5-4-6-10-18/h4-12,15-16H,13-14H2,1-3H3,(H,24,28)(H,25,26,27). The second-order valence-electron chi connectivity index (χ2n) is 7.16. The van der Waals surface area contributed by atoms with E-state index in [2.05, 4.69) is 34.4 Å². The highest BCUT2D eigenvalue weighted by atomic mass is 16.5. The maximum absolute atomic E-state index is 12.4. The molecule has 1 heterocycles. The van der Waals surface area contributed by atoms with Gasteiger partial charge in [-0.25, -0.2) is 9.97 Å². The number of carbonyl (C=O) groups excluding carboxylic acids is 1. The number of nitrogens with zero attached hydrogens (tertiary/aromatic N) is 2. The molecule has 0 aliphatic heterocycles. The van der Waals surface area contributed by atoms with Crippen LogP contribution in [0.1, 0.15) is 36.6 Å². The Morgan fingerprint density at radius 1 is 1.03 bits per heavy atom. The first kappa shape index (κ1) is 20.3. The molecule has 0 aliphatic carbocycles. The summed E-state index contributed by atoms with van der Waals surface area (Å²) in [7, 11) is 0. The van der Waals surface area contributed by atoms with Crippen molar-refractivity contribution < 1.29 is 9.53 Å². The lowest BCUT2D eigenvalue weighted by atomic mass is 10.1. The molecule has 3 aromatic rings. The molecule has 0 saturated heterocycles. The van der Waals surface area contributed by atoms with E-state index >= 15 is 0 Å². The van der Waals surface area contributed by atoms with Gasteiger partial charge in [0.15, 0.2) is 5.75 Å². The third-order valence-corrected chi connectivity index (χ3v) is 4.20. The minimum absolute atomic E-state index is 0.201. The van der Waals surface area contributed by atoms with Crippen LogP contribution in [0.25, 0.3) is 0 Å². The van der Waals surface area contributed by atoms with Crippen LogP contribution < -0.4 is 15.4 Å². The average molecular weight is 390 g/mol. The highest BCUT2D eigenvalue weighted by molar-refractivity contribution is 5.93. The molecule has 0 bridgehead atoms. The van der Waals surface area contributed by atoms with Crippen LogP contribution >= 0.6 is 0 Å². The Hall–Kier alpha value is -3.41. The molecule has 6 nitrogen and oxygen atoms in total. The number of anilines is 2. The van der Waals surface area contributed by atoms with Gasteiger partial charge in [0.1, 0.15) is 23.1 Å². The van der Waals surface area contributed by atoms with E-state index in [1.165, 1.54) is 0 Å². The molecule has 2 aromatic carbocycles. The molecular weight excluding hydrogens is 364 g/mol. The minimum Gasteiger partial charge on any atom is -0.455 e. The smallest absolute Gasteiger partial charge is 0.270 e. The van der Waals surface area contributed by atoms with Crippen LogP contribution in [0.15, 0.2) is 60.7 Å². The minimum atomic E-state index is -0.201. The molecule has 0 fully saturated rings. The fraction of sp³-hybridized carbons (Fsp3) is 0.261. The number of hydrogen-bond donors (Lipinski definition) is 2. The van der Waals surface area contributed by atoms with Crippen molar-refractivity contribution in [1.29, 1.82) is 0 Å².